The van der Waals surface area contributed by atoms with E-state index in [1.165, 1.54) is 25.7 Å². The Bertz CT molecular complexity index is 205. The number of fused-ring (bicyclic) bond motifs is 2. The van der Waals surface area contributed by atoms with Crippen molar-refractivity contribution in [1.82, 2.24) is 10.6 Å². The summed E-state index contributed by atoms with van der Waals surface area (Å²) in [5.41, 5.74) is 0. The van der Waals surface area contributed by atoms with Crippen molar-refractivity contribution in [2.24, 2.45) is 11.8 Å². The summed E-state index contributed by atoms with van der Waals surface area (Å²) in [6.45, 7) is 2.66. The van der Waals surface area contributed by atoms with Gasteiger partial charge in [-0.2, -0.15) is 0 Å². The van der Waals surface area contributed by atoms with Gasteiger partial charge in [-0.3, -0.25) is 0 Å². The zero-order valence-corrected chi connectivity index (χ0v) is 8.18. The van der Waals surface area contributed by atoms with Crippen LogP contribution in [0.5, 0.6) is 0 Å². The molecule has 2 aliphatic rings. The average Bonchev–Trinajstić information content (AvgIpc) is 2.65. The molecule has 0 aromatic heterocycles. The van der Waals surface area contributed by atoms with Crippen LogP contribution in [0.1, 0.15) is 32.6 Å². The van der Waals surface area contributed by atoms with Gasteiger partial charge in [0.05, 0.1) is 0 Å². The van der Waals surface area contributed by atoms with Crippen LogP contribution in [0.3, 0.4) is 0 Å². The first-order valence-electron chi connectivity index (χ1n) is 5.34. The molecule has 2 saturated carbocycles. The number of amides is 2. The van der Waals surface area contributed by atoms with Crippen molar-refractivity contribution in [2.45, 2.75) is 38.6 Å². The summed E-state index contributed by atoms with van der Waals surface area (Å²) in [6.07, 6.45) is 5.26. The van der Waals surface area contributed by atoms with Crippen LogP contribution in [0.2, 0.25) is 0 Å². The number of hydrogen-bond donors (Lipinski definition) is 2. The molecule has 0 spiro atoms. The molecule has 0 radical (unpaired) electrons. The highest BCUT2D eigenvalue weighted by Gasteiger charge is 2.39. The van der Waals surface area contributed by atoms with Gasteiger partial charge in [0.25, 0.3) is 0 Å². The lowest BCUT2D eigenvalue weighted by molar-refractivity contribution is 0.231. The summed E-state index contributed by atoms with van der Waals surface area (Å²) in [5.74, 6) is 1.67. The van der Waals surface area contributed by atoms with E-state index >= 15 is 0 Å². The first-order valence-corrected chi connectivity index (χ1v) is 5.34. The molecule has 0 aromatic rings. The number of urea groups is 1. The maximum absolute atomic E-state index is 11.3. The van der Waals surface area contributed by atoms with Gasteiger partial charge in [0.2, 0.25) is 0 Å². The summed E-state index contributed by atoms with van der Waals surface area (Å²) in [4.78, 5) is 11.3. The van der Waals surface area contributed by atoms with Crippen LogP contribution in [0.4, 0.5) is 4.79 Å². The number of carbonyl (C=O) groups excluding carboxylic acids is 1. The predicted molar refractivity (Wildman–Crippen MR) is 51.4 cm³/mol. The zero-order chi connectivity index (χ0) is 9.26. The van der Waals surface area contributed by atoms with Crippen molar-refractivity contribution < 1.29 is 4.79 Å². The molecule has 0 saturated heterocycles. The lowest BCUT2D eigenvalue weighted by Gasteiger charge is -2.22. The molecule has 3 unspecified atom stereocenters. The van der Waals surface area contributed by atoms with Crippen LogP contribution in [0.25, 0.3) is 0 Å². The molecule has 3 nitrogen and oxygen atoms in total. The minimum atomic E-state index is 0.0139. The largest absolute Gasteiger partial charge is 0.338 e. The Morgan fingerprint density at radius 2 is 2.23 bits per heavy atom. The fourth-order valence-electron chi connectivity index (χ4n) is 2.80. The average molecular weight is 182 g/mol. The molecule has 13 heavy (non-hydrogen) atoms. The highest BCUT2D eigenvalue weighted by molar-refractivity contribution is 5.74. The first kappa shape index (κ1) is 8.85. The number of hydrogen-bond acceptors (Lipinski definition) is 1. The Kier molecular flexibility index (Phi) is 2.42. The molecule has 2 amide bonds. The van der Waals surface area contributed by atoms with E-state index in [2.05, 4.69) is 10.6 Å². The molecular formula is C10H18N2O. The van der Waals surface area contributed by atoms with Gasteiger partial charge in [0, 0.05) is 12.6 Å². The van der Waals surface area contributed by atoms with Crippen molar-refractivity contribution in [3.8, 4) is 0 Å². The summed E-state index contributed by atoms with van der Waals surface area (Å²) in [6, 6.07) is 0.477. The van der Waals surface area contributed by atoms with Crippen molar-refractivity contribution in [3.63, 3.8) is 0 Å². The summed E-state index contributed by atoms with van der Waals surface area (Å²) < 4.78 is 0. The zero-order valence-electron chi connectivity index (χ0n) is 8.18. The Morgan fingerprint density at radius 1 is 1.38 bits per heavy atom. The minimum Gasteiger partial charge on any atom is -0.338 e. The van der Waals surface area contributed by atoms with Crippen molar-refractivity contribution in [2.75, 3.05) is 6.54 Å². The van der Waals surface area contributed by atoms with E-state index in [9.17, 15) is 4.79 Å². The monoisotopic (exact) mass is 182 g/mol. The van der Waals surface area contributed by atoms with Crippen molar-refractivity contribution in [3.05, 3.63) is 0 Å². The van der Waals surface area contributed by atoms with Crippen LogP contribution < -0.4 is 10.6 Å². The second kappa shape index (κ2) is 3.56. The maximum atomic E-state index is 11.3. The summed E-state index contributed by atoms with van der Waals surface area (Å²) >= 11 is 0. The SMILES string of the molecule is CCNC(=O)NC1CC2CCC1C2. The normalized spacial score (nSPS) is 36.2. The summed E-state index contributed by atoms with van der Waals surface area (Å²) in [5, 5.41) is 5.84. The van der Waals surface area contributed by atoms with Crippen LogP contribution in [-0.4, -0.2) is 18.6 Å². The van der Waals surface area contributed by atoms with E-state index < -0.39 is 0 Å². The Balaban J connectivity index is 1.79. The van der Waals surface area contributed by atoms with Gasteiger partial charge >= 0.3 is 6.03 Å². The van der Waals surface area contributed by atoms with Crippen LogP contribution in [-0.2, 0) is 0 Å². The quantitative estimate of drug-likeness (QED) is 0.667. The Morgan fingerprint density at radius 3 is 2.77 bits per heavy atom. The summed E-state index contributed by atoms with van der Waals surface area (Å²) in [7, 11) is 0. The predicted octanol–water partition coefficient (Wildman–Crippen LogP) is 1.49. The first-order chi connectivity index (χ1) is 6.29. The molecule has 0 aliphatic heterocycles. The highest BCUT2D eigenvalue weighted by atomic mass is 16.2. The van der Waals surface area contributed by atoms with Crippen LogP contribution in [0.15, 0.2) is 0 Å². The van der Waals surface area contributed by atoms with E-state index in [-0.39, 0.29) is 6.03 Å². The lowest BCUT2D eigenvalue weighted by atomic mass is 9.95. The minimum absolute atomic E-state index is 0.0139. The molecule has 0 heterocycles. The lowest BCUT2D eigenvalue weighted by Crippen LogP contribution is -2.44. The molecule has 3 heteroatoms. The Labute approximate surface area is 79.3 Å². The third-order valence-electron chi connectivity index (χ3n) is 3.39. The molecule has 2 fully saturated rings. The van der Waals surface area contributed by atoms with Gasteiger partial charge in [0.15, 0.2) is 0 Å². The number of carbonyl (C=O) groups is 1. The molecular weight excluding hydrogens is 164 g/mol. The van der Waals surface area contributed by atoms with Crippen molar-refractivity contribution in [1.29, 1.82) is 0 Å². The second-order valence-corrected chi connectivity index (χ2v) is 4.29. The molecule has 3 atom stereocenters. The molecule has 0 aromatic carbocycles. The van der Waals surface area contributed by atoms with Crippen molar-refractivity contribution >= 4 is 6.03 Å². The van der Waals surface area contributed by atoms with Gasteiger partial charge in [-0.25, -0.2) is 4.79 Å². The number of nitrogens with one attached hydrogen (secondary N) is 2. The second-order valence-electron chi connectivity index (χ2n) is 4.29. The highest BCUT2D eigenvalue weighted by Crippen LogP contribution is 2.44. The fraction of sp³-hybridized carbons (Fsp3) is 0.900. The van der Waals surface area contributed by atoms with Crippen LogP contribution >= 0.6 is 0 Å². The van der Waals surface area contributed by atoms with E-state index in [1.54, 1.807) is 0 Å². The van der Waals surface area contributed by atoms with E-state index in [4.69, 9.17) is 0 Å². The third-order valence-corrected chi connectivity index (χ3v) is 3.39. The topological polar surface area (TPSA) is 41.1 Å². The Hall–Kier alpha value is -0.730. The van der Waals surface area contributed by atoms with E-state index in [0.717, 1.165) is 11.8 Å². The molecule has 2 aliphatic carbocycles. The maximum Gasteiger partial charge on any atom is 0.315 e. The standard InChI is InChI=1S/C10H18N2O/c1-2-11-10(13)12-9-6-7-3-4-8(9)5-7/h7-9H,2-6H2,1H3,(H2,11,12,13). The van der Waals surface area contributed by atoms with E-state index in [0.29, 0.717) is 12.6 Å². The van der Waals surface area contributed by atoms with Gasteiger partial charge < -0.3 is 10.6 Å². The van der Waals surface area contributed by atoms with Gasteiger partial charge in [-0.15, -0.1) is 0 Å². The van der Waals surface area contributed by atoms with Gasteiger partial charge in [-0.1, -0.05) is 6.42 Å². The van der Waals surface area contributed by atoms with Crippen LogP contribution in [0, 0.1) is 11.8 Å². The molecule has 2 rings (SSSR count). The number of rotatable bonds is 2. The smallest absolute Gasteiger partial charge is 0.315 e. The van der Waals surface area contributed by atoms with E-state index in [1.807, 2.05) is 6.92 Å². The molecule has 2 bridgehead atoms. The van der Waals surface area contributed by atoms with Gasteiger partial charge in [0.1, 0.15) is 0 Å². The van der Waals surface area contributed by atoms with Gasteiger partial charge in [-0.05, 0) is 38.0 Å². The molecule has 74 valence electrons. The molecule has 2 N–H and O–H groups in total. The third kappa shape index (κ3) is 1.79. The fourth-order valence-corrected chi connectivity index (χ4v) is 2.80.